The van der Waals surface area contributed by atoms with Crippen LogP contribution in [0.15, 0.2) is 41.5 Å². The van der Waals surface area contributed by atoms with E-state index < -0.39 is 0 Å². The van der Waals surface area contributed by atoms with Gasteiger partial charge >= 0.3 is 5.69 Å². The largest absolute Gasteiger partial charge is 0.348 e. The number of H-pyrrole nitrogens is 1. The van der Waals surface area contributed by atoms with Crippen molar-refractivity contribution in [1.82, 2.24) is 19.6 Å². The molecule has 3 aromatic rings. The zero-order valence-corrected chi connectivity index (χ0v) is 10.6. The van der Waals surface area contributed by atoms with Crippen molar-refractivity contribution in [2.75, 3.05) is 5.32 Å². The van der Waals surface area contributed by atoms with Gasteiger partial charge in [0.1, 0.15) is 12.1 Å². The van der Waals surface area contributed by atoms with Gasteiger partial charge in [0.05, 0.1) is 0 Å². The molecule has 6 nitrogen and oxygen atoms in total. The summed E-state index contributed by atoms with van der Waals surface area (Å²) < 4.78 is 1.33. The second-order valence-electron chi connectivity index (χ2n) is 3.95. The van der Waals surface area contributed by atoms with E-state index in [1.165, 1.54) is 10.7 Å². The number of nitrogens with one attached hydrogen (secondary N) is 2. The standard InChI is InChI=1S/C12H10ClN5O/c13-6-8-3-1-2-4-9(8)15-10-5-11-16-17-12(19)18(11)7-14-10/h1-5,7,15H,6H2,(H,17,19). The molecule has 3 rings (SSSR count). The maximum atomic E-state index is 11.3. The molecule has 0 saturated heterocycles. The number of benzene rings is 1. The van der Waals surface area contributed by atoms with Crippen molar-refractivity contribution in [2.24, 2.45) is 0 Å². The molecule has 0 aliphatic carbocycles. The Bertz CT molecular complexity index is 779. The van der Waals surface area contributed by atoms with Crippen LogP contribution in [-0.2, 0) is 5.88 Å². The third-order valence-electron chi connectivity index (χ3n) is 2.73. The number of hydrogen-bond acceptors (Lipinski definition) is 4. The third-order valence-corrected chi connectivity index (χ3v) is 3.02. The van der Waals surface area contributed by atoms with Crippen molar-refractivity contribution in [1.29, 1.82) is 0 Å². The van der Waals surface area contributed by atoms with E-state index in [0.29, 0.717) is 17.3 Å². The molecule has 0 bridgehead atoms. The number of para-hydroxylation sites is 1. The second-order valence-corrected chi connectivity index (χ2v) is 4.21. The Kier molecular flexibility index (Phi) is 2.92. The first-order chi connectivity index (χ1) is 9.28. The molecule has 0 spiro atoms. The number of fused-ring (bicyclic) bond motifs is 1. The molecule has 0 aliphatic heterocycles. The summed E-state index contributed by atoms with van der Waals surface area (Å²) in [6.45, 7) is 0. The van der Waals surface area contributed by atoms with Gasteiger partial charge in [0.25, 0.3) is 0 Å². The number of hydrogen-bond donors (Lipinski definition) is 2. The molecule has 2 heterocycles. The van der Waals surface area contributed by atoms with Gasteiger partial charge in [-0.05, 0) is 11.6 Å². The van der Waals surface area contributed by atoms with Crippen LogP contribution in [0.5, 0.6) is 0 Å². The van der Waals surface area contributed by atoms with E-state index >= 15 is 0 Å². The fourth-order valence-electron chi connectivity index (χ4n) is 1.77. The fourth-order valence-corrected chi connectivity index (χ4v) is 2.01. The minimum absolute atomic E-state index is 0.310. The summed E-state index contributed by atoms with van der Waals surface area (Å²) in [5.74, 6) is 1.01. The molecule has 0 aliphatic rings. The highest BCUT2D eigenvalue weighted by molar-refractivity contribution is 6.17. The van der Waals surface area contributed by atoms with Crippen LogP contribution in [0.3, 0.4) is 0 Å². The Hall–Kier alpha value is -2.34. The van der Waals surface area contributed by atoms with Crippen LogP contribution in [0.25, 0.3) is 5.65 Å². The van der Waals surface area contributed by atoms with Gasteiger partial charge in [-0.3, -0.25) is 0 Å². The molecule has 0 amide bonds. The van der Waals surface area contributed by atoms with Crippen LogP contribution in [0.4, 0.5) is 11.5 Å². The first-order valence-electron chi connectivity index (χ1n) is 5.61. The van der Waals surface area contributed by atoms with E-state index in [9.17, 15) is 4.79 Å². The molecule has 0 saturated carbocycles. The van der Waals surface area contributed by atoms with Crippen LogP contribution >= 0.6 is 11.6 Å². The lowest BCUT2D eigenvalue weighted by atomic mass is 10.2. The molecule has 96 valence electrons. The Labute approximate surface area is 113 Å². The summed E-state index contributed by atoms with van der Waals surface area (Å²) in [5, 5.41) is 9.40. The highest BCUT2D eigenvalue weighted by Gasteiger charge is 2.05. The van der Waals surface area contributed by atoms with E-state index in [1.807, 2.05) is 24.3 Å². The topological polar surface area (TPSA) is 75.1 Å². The molecular weight excluding hydrogens is 266 g/mol. The molecule has 19 heavy (non-hydrogen) atoms. The van der Waals surface area contributed by atoms with Crippen LogP contribution in [-0.4, -0.2) is 19.6 Å². The van der Waals surface area contributed by atoms with Crippen molar-refractivity contribution in [3.8, 4) is 0 Å². The number of aromatic amines is 1. The van der Waals surface area contributed by atoms with Gasteiger partial charge in [0.2, 0.25) is 0 Å². The molecule has 2 aromatic heterocycles. The minimum Gasteiger partial charge on any atom is -0.340 e. The van der Waals surface area contributed by atoms with Gasteiger partial charge in [0, 0.05) is 17.6 Å². The summed E-state index contributed by atoms with van der Waals surface area (Å²) in [6, 6.07) is 9.37. The normalized spacial score (nSPS) is 10.8. The molecule has 0 radical (unpaired) electrons. The predicted molar refractivity (Wildman–Crippen MR) is 72.9 cm³/mol. The number of aromatic nitrogens is 4. The predicted octanol–water partition coefficient (Wildman–Crippen LogP) is 1.90. The highest BCUT2D eigenvalue weighted by atomic mass is 35.5. The van der Waals surface area contributed by atoms with Crippen LogP contribution in [0.2, 0.25) is 0 Å². The van der Waals surface area contributed by atoms with E-state index in [2.05, 4.69) is 20.5 Å². The second kappa shape index (κ2) is 4.74. The number of alkyl halides is 1. The molecular formula is C12H10ClN5O. The molecule has 1 aromatic carbocycles. The third kappa shape index (κ3) is 2.17. The average molecular weight is 276 g/mol. The maximum Gasteiger partial charge on any atom is 0.348 e. The molecule has 0 unspecified atom stereocenters. The minimum atomic E-state index is -0.310. The zero-order valence-electron chi connectivity index (χ0n) is 9.80. The van der Waals surface area contributed by atoms with Gasteiger partial charge < -0.3 is 5.32 Å². The lowest BCUT2D eigenvalue weighted by Crippen LogP contribution is -2.09. The lowest BCUT2D eigenvalue weighted by Gasteiger charge is -2.09. The number of halogens is 1. The van der Waals surface area contributed by atoms with Gasteiger partial charge in [0.15, 0.2) is 5.65 Å². The smallest absolute Gasteiger partial charge is 0.340 e. The summed E-state index contributed by atoms with van der Waals surface area (Å²) in [7, 11) is 0. The summed E-state index contributed by atoms with van der Waals surface area (Å²) >= 11 is 5.87. The summed E-state index contributed by atoms with van der Waals surface area (Å²) in [4.78, 5) is 15.5. The van der Waals surface area contributed by atoms with Crippen LogP contribution < -0.4 is 11.0 Å². The first kappa shape index (κ1) is 11.7. The van der Waals surface area contributed by atoms with Crippen molar-refractivity contribution >= 4 is 28.8 Å². The highest BCUT2D eigenvalue weighted by Crippen LogP contribution is 2.21. The SMILES string of the molecule is O=c1[nH]nc2cc(Nc3ccccc3CCl)ncn12. The maximum absolute atomic E-state index is 11.3. The van der Waals surface area contributed by atoms with Gasteiger partial charge in [-0.1, -0.05) is 18.2 Å². The van der Waals surface area contributed by atoms with Crippen LogP contribution in [0.1, 0.15) is 5.56 Å². The molecule has 7 heteroatoms. The van der Waals surface area contributed by atoms with E-state index in [1.54, 1.807) is 6.07 Å². The number of nitrogens with zero attached hydrogens (tertiary/aromatic N) is 3. The Balaban J connectivity index is 1.99. The molecule has 0 fully saturated rings. The number of rotatable bonds is 3. The van der Waals surface area contributed by atoms with Gasteiger partial charge in [-0.15, -0.1) is 11.6 Å². The van der Waals surface area contributed by atoms with Crippen molar-refractivity contribution in [3.05, 3.63) is 52.7 Å². The molecule has 2 N–H and O–H groups in total. The first-order valence-corrected chi connectivity index (χ1v) is 6.15. The number of anilines is 2. The van der Waals surface area contributed by atoms with Crippen LogP contribution in [0, 0.1) is 0 Å². The summed E-state index contributed by atoms with van der Waals surface area (Å²) in [6.07, 6.45) is 1.42. The van der Waals surface area contributed by atoms with Gasteiger partial charge in [-0.25, -0.2) is 19.3 Å². The van der Waals surface area contributed by atoms with E-state index in [-0.39, 0.29) is 5.69 Å². The average Bonchev–Trinajstić information content (AvgIpc) is 2.81. The molecule has 0 atom stereocenters. The monoisotopic (exact) mass is 275 g/mol. The zero-order chi connectivity index (χ0) is 13.2. The fraction of sp³-hybridized carbons (Fsp3) is 0.0833. The van der Waals surface area contributed by atoms with Crippen molar-refractivity contribution in [2.45, 2.75) is 5.88 Å². The Morgan fingerprint density at radius 2 is 2.21 bits per heavy atom. The van der Waals surface area contributed by atoms with E-state index in [4.69, 9.17) is 11.6 Å². The quantitative estimate of drug-likeness (QED) is 0.716. The lowest BCUT2D eigenvalue weighted by molar-refractivity contribution is 0.998. The Morgan fingerprint density at radius 3 is 3.05 bits per heavy atom. The van der Waals surface area contributed by atoms with E-state index in [0.717, 1.165) is 11.3 Å². The van der Waals surface area contributed by atoms with Crippen molar-refractivity contribution < 1.29 is 0 Å². The van der Waals surface area contributed by atoms with Gasteiger partial charge in [-0.2, -0.15) is 5.10 Å². The Morgan fingerprint density at radius 1 is 1.37 bits per heavy atom. The van der Waals surface area contributed by atoms with Crippen molar-refractivity contribution in [3.63, 3.8) is 0 Å². The summed E-state index contributed by atoms with van der Waals surface area (Å²) in [5.41, 5.74) is 2.05.